The summed E-state index contributed by atoms with van der Waals surface area (Å²) in [7, 11) is 0. The SMILES string of the molecule is CCOc1cccc(CCBr)c1. The van der Waals surface area contributed by atoms with Gasteiger partial charge in [-0.1, -0.05) is 28.1 Å². The van der Waals surface area contributed by atoms with Gasteiger partial charge in [-0.25, -0.2) is 0 Å². The number of alkyl halides is 1. The van der Waals surface area contributed by atoms with Crippen LogP contribution in [-0.2, 0) is 6.42 Å². The molecule has 1 rings (SSSR count). The summed E-state index contributed by atoms with van der Waals surface area (Å²) in [4.78, 5) is 0. The molecule has 1 aromatic rings. The van der Waals surface area contributed by atoms with Crippen molar-refractivity contribution >= 4 is 15.9 Å². The van der Waals surface area contributed by atoms with E-state index in [-0.39, 0.29) is 0 Å². The monoisotopic (exact) mass is 228 g/mol. The molecule has 0 aliphatic rings. The molecule has 0 aliphatic carbocycles. The van der Waals surface area contributed by atoms with Crippen LogP contribution in [0.15, 0.2) is 24.3 Å². The maximum atomic E-state index is 5.38. The molecule has 1 nitrogen and oxygen atoms in total. The second-order valence-electron chi connectivity index (χ2n) is 2.52. The molecule has 1 aromatic carbocycles. The molecule has 0 heterocycles. The van der Waals surface area contributed by atoms with Crippen molar-refractivity contribution in [2.45, 2.75) is 13.3 Å². The molecule has 0 fully saturated rings. The van der Waals surface area contributed by atoms with Crippen molar-refractivity contribution < 1.29 is 4.74 Å². The van der Waals surface area contributed by atoms with Crippen LogP contribution in [0.4, 0.5) is 0 Å². The van der Waals surface area contributed by atoms with E-state index < -0.39 is 0 Å². The predicted molar refractivity (Wildman–Crippen MR) is 55.1 cm³/mol. The van der Waals surface area contributed by atoms with Gasteiger partial charge in [0, 0.05) is 5.33 Å². The van der Waals surface area contributed by atoms with Crippen LogP contribution < -0.4 is 4.74 Å². The lowest BCUT2D eigenvalue weighted by Gasteiger charge is -2.04. The highest BCUT2D eigenvalue weighted by Crippen LogP contribution is 2.13. The van der Waals surface area contributed by atoms with Gasteiger partial charge in [-0.2, -0.15) is 0 Å². The van der Waals surface area contributed by atoms with Crippen molar-refractivity contribution in [1.29, 1.82) is 0 Å². The van der Waals surface area contributed by atoms with Crippen molar-refractivity contribution in [3.63, 3.8) is 0 Å². The van der Waals surface area contributed by atoms with Crippen molar-refractivity contribution in [1.82, 2.24) is 0 Å². The van der Waals surface area contributed by atoms with Crippen molar-refractivity contribution in [3.05, 3.63) is 29.8 Å². The Balaban J connectivity index is 2.67. The highest BCUT2D eigenvalue weighted by molar-refractivity contribution is 9.09. The lowest BCUT2D eigenvalue weighted by atomic mass is 10.2. The molecule has 0 radical (unpaired) electrons. The van der Waals surface area contributed by atoms with Gasteiger partial charge in [0.2, 0.25) is 0 Å². The first-order valence-electron chi connectivity index (χ1n) is 4.14. The Kier molecular flexibility index (Phi) is 4.15. The second-order valence-corrected chi connectivity index (χ2v) is 3.31. The van der Waals surface area contributed by atoms with Gasteiger partial charge in [0.05, 0.1) is 6.61 Å². The fourth-order valence-corrected chi connectivity index (χ4v) is 1.52. The zero-order chi connectivity index (χ0) is 8.81. The highest BCUT2D eigenvalue weighted by Gasteiger charge is 1.94. The molecule has 0 atom stereocenters. The third kappa shape index (κ3) is 2.86. The molecule has 0 aromatic heterocycles. The van der Waals surface area contributed by atoms with Crippen LogP contribution in [0, 0.1) is 0 Å². The van der Waals surface area contributed by atoms with Gasteiger partial charge in [-0.15, -0.1) is 0 Å². The van der Waals surface area contributed by atoms with Gasteiger partial charge >= 0.3 is 0 Å². The third-order valence-corrected chi connectivity index (χ3v) is 1.99. The Morgan fingerprint density at radius 2 is 2.25 bits per heavy atom. The molecule has 0 saturated carbocycles. The van der Waals surface area contributed by atoms with Crippen LogP contribution in [0.2, 0.25) is 0 Å². The molecule has 0 saturated heterocycles. The standard InChI is InChI=1S/C10H13BrO/c1-2-12-10-5-3-4-9(8-10)6-7-11/h3-5,8H,2,6-7H2,1H3. The first-order chi connectivity index (χ1) is 5.86. The Bertz CT molecular complexity index is 214. The molecule has 0 aliphatic heterocycles. The zero-order valence-electron chi connectivity index (χ0n) is 7.22. The number of hydrogen-bond donors (Lipinski definition) is 0. The van der Waals surface area contributed by atoms with Crippen LogP contribution in [-0.4, -0.2) is 11.9 Å². The van der Waals surface area contributed by atoms with E-state index in [1.54, 1.807) is 0 Å². The largest absolute Gasteiger partial charge is 0.494 e. The lowest BCUT2D eigenvalue weighted by Crippen LogP contribution is -1.92. The second kappa shape index (κ2) is 5.20. The molecule has 0 spiro atoms. The summed E-state index contributed by atoms with van der Waals surface area (Å²) in [5.41, 5.74) is 1.32. The van der Waals surface area contributed by atoms with Gasteiger partial charge in [0.15, 0.2) is 0 Å². The van der Waals surface area contributed by atoms with E-state index in [4.69, 9.17) is 4.74 Å². The summed E-state index contributed by atoms with van der Waals surface area (Å²) >= 11 is 3.41. The Morgan fingerprint density at radius 1 is 1.42 bits per heavy atom. The van der Waals surface area contributed by atoms with E-state index in [9.17, 15) is 0 Å². The van der Waals surface area contributed by atoms with E-state index in [1.165, 1.54) is 5.56 Å². The third-order valence-electron chi connectivity index (χ3n) is 1.59. The van der Waals surface area contributed by atoms with Crippen LogP contribution in [0.5, 0.6) is 5.75 Å². The number of benzene rings is 1. The van der Waals surface area contributed by atoms with E-state index in [0.29, 0.717) is 0 Å². The molecule has 12 heavy (non-hydrogen) atoms. The molecule has 2 heteroatoms. The normalized spacial score (nSPS) is 9.83. The van der Waals surface area contributed by atoms with E-state index in [1.807, 2.05) is 19.1 Å². The maximum absolute atomic E-state index is 5.38. The van der Waals surface area contributed by atoms with Crippen molar-refractivity contribution in [2.24, 2.45) is 0 Å². The van der Waals surface area contributed by atoms with Gasteiger partial charge < -0.3 is 4.74 Å². The number of aryl methyl sites for hydroxylation is 1. The summed E-state index contributed by atoms with van der Waals surface area (Å²) in [5.74, 6) is 0.968. The average Bonchev–Trinajstić information content (AvgIpc) is 2.06. The fraction of sp³-hybridized carbons (Fsp3) is 0.400. The number of ether oxygens (including phenoxy) is 1. The topological polar surface area (TPSA) is 9.23 Å². The number of rotatable bonds is 4. The van der Waals surface area contributed by atoms with E-state index >= 15 is 0 Å². The molecule has 0 unspecified atom stereocenters. The molecule has 0 N–H and O–H groups in total. The van der Waals surface area contributed by atoms with Crippen molar-refractivity contribution in [3.8, 4) is 5.75 Å². The minimum Gasteiger partial charge on any atom is -0.494 e. The van der Waals surface area contributed by atoms with Gasteiger partial charge in [0.1, 0.15) is 5.75 Å². The Morgan fingerprint density at radius 3 is 2.92 bits per heavy atom. The summed E-state index contributed by atoms with van der Waals surface area (Å²) in [6.07, 6.45) is 1.06. The Labute approximate surface area is 81.9 Å². The maximum Gasteiger partial charge on any atom is 0.119 e. The number of hydrogen-bond acceptors (Lipinski definition) is 1. The summed E-state index contributed by atoms with van der Waals surface area (Å²) in [5, 5.41) is 1.00. The smallest absolute Gasteiger partial charge is 0.119 e. The van der Waals surface area contributed by atoms with Gasteiger partial charge in [-0.3, -0.25) is 0 Å². The van der Waals surface area contributed by atoms with E-state index in [2.05, 4.69) is 28.1 Å². The van der Waals surface area contributed by atoms with Crippen LogP contribution in [0.3, 0.4) is 0 Å². The van der Waals surface area contributed by atoms with Crippen LogP contribution in [0.1, 0.15) is 12.5 Å². The minimum atomic E-state index is 0.734. The first kappa shape index (κ1) is 9.59. The molecule has 0 bridgehead atoms. The fourth-order valence-electron chi connectivity index (χ4n) is 1.07. The summed E-state index contributed by atoms with van der Waals surface area (Å²) in [6.45, 7) is 2.73. The van der Waals surface area contributed by atoms with Crippen molar-refractivity contribution in [2.75, 3.05) is 11.9 Å². The van der Waals surface area contributed by atoms with Crippen LogP contribution in [0.25, 0.3) is 0 Å². The minimum absolute atomic E-state index is 0.734. The van der Waals surface area contributed by atoms with Crippen LogP contribution >= 0.6 is 15.9 Å². The zero-order valence-corrected chi connectivity index (χ0v) is 8.80. The molecule has 0 amide bonds. The molecule has 66 valence electrons. The Hall–Kier alpha value is -0.500. The molecular formula is C10H13BrO. The highest BCUT2D eigenvalue weighted by atomic mass is 79.9. The quantitative estimate of drug-likeness (QED) is 0.721. The summed E-state index contributed by atoms with van der Waals surface area (Å²) in [6, 6.07) is 8.22. The average molecular weight is 229 g/mol. The first-order valence-corrected chi connectivity index (χ1v) is 5.26. The molecular weight excluding hydrogens is 216 g/mol. The summed E-state index contributed by atoms with van der Waals surface area (Å²) < 4.78 is 5.38. The number of halogens is 1. The van der Waals surface area contributed by atoms with Gasteiger partial charge in [0.25, 0.3) is 0 Å². The van der Waals surface area contributed by atoms with Gasteiger partial charge in [-0.05, 0) is 31.0 Å². The van der Waals surface area contributed by atoms with E-state index in [0.717, 1.165) is 24.1 Å². The predicted octanol–water partition coefficient (Wildman–Crippen LogP) is 3.02. The lowest BCUT2D eigenvalue weighted by molar-refractivity contribution is 0.340.